The summed E-state index contributed by atoms with van der Waals surface area (Å²) in [5.41, 5.74) is 5.42. The zero-order valence-electron chi connectivity index (χ0n) is 6.72. The highest BCUT2D eigenvalue weighted by atomic mass is 16.1. The maximum absolute atomic E-state index is 10.9. The van der Waals surface area contributed by atoms with Gasteiger partial charge in [-0.1, -0.05) is 6.58 Å². The number of ketones is 1. The van der Waals surface area contributed by atoms with Crippen molar-refractivity contribution in [3.8, 4) is 0 Å². The van der Waals surface area contributed by atoms with Crippen molar-refractivity contribution in [3.63, 3.8) is 0 Å². The van der Waals surface area contributed by atoms with Gasteiger partial charge in [-0.3, -0.25) is 9.59 Å². The van der Waals surface area contributed by atoms with Crippen molar-refractivity contribution in [1.82, 2.24) is 0 Å². The maximum atomic E-state index is 10.9. The van der Waals surface area contributed by atoms with Crippen LogP contribution in [0, 0.1) is 0 Å². The topological polar surface area (TPSA) is 60.2 Å². The monoisotopic (exact) mass is 155 g/mol. The summed E-state index contributed by atoms with van der Waals surface area (Å²) in [6, 6.07) is 0. The van der Waals surface area contributed by atoms with E-state index in [-0.39, 0.29) is 18.1 Å². The van der Waals surface area contributed by atoms with Crippen LogP contribution >= 0.6 is 0 Å². The molecule has 0 aromatic rings. The molecule has 0 atom stereocenters. The van der Waals surface area contributed by atoms with E-state index in [9.17, 15) is 9.59 Å². The van der Waals surface area contributed by atoms with Gasteiger partial charge in [-0.05, 0) is 18.9 Å². The van der Waals surface area contributed by atoms with Gasteiger partial charge in [0.05, 0.1) is 0 Å². The van der Waals surface area contributed by atoms with E-state index in [1.54, 1.807) is 6.92 Å². The molecule has 0 aromatic carbocycles. The average Bonchev–Trinajstić information content (AvgIpc) is 1.86. The molecule has 3 heteroatoms. The highest BCUT2D eigenvalue weighted by Gasteiger charge is 2.02. The Morgan fingerprint density at radius 2 is 1.91 bits per heavy atom. The Bertz CT molecular complexity index is 185. The first-order chi connectivity index (χ1) is 5.04. The fourth-order valence-electron chi connectivity index (χ4n) is 0.637. The average molecular weight is 155 g/mol. The van der Waals surface area contributed by atoms with Crippen LogP contribution in [0.2, 0.25) is 0 Å². The molecule has 11 heavy (non-hydrogen) atoms. The van der Waals surface area contributed by atoms with Crippen LogP contribution in [0.25, 0.3) is 0 Å². The first-order valence-corrected chi connectivity index (χ1v) is 3.51. The molecule has 0 heterocycles. The summed E-state index contributed by atoms with van der Waals surface area (Å²) in [6.45, 7) is 5.15. The third kappa shape index (κ3) is 5.33. The molecule has 0 fully saturated rings. The summed E-state index contributed by atoms with van der Waals surface area (Å²) in [5.74, 6) is -0.356. The Kier molecular flexibility index (Phi) is 4.18. The molecule has 0 aliphatic rings. The molecular weight excluding hydrogens is 142 g/mol. The summed E-state index contributed by atoms with van der Waals surface area (Å²) in [6.07, 6.45) is 1.18. The lowest BCUT2D eigenvalue weighted by Gasteiger charge is -1.96. The van der Waals surface area contributed by atoms with Crippen molar-refractivity contribution in [1.29, 1.82) is 0 Å². The molecule has 0 aromatic heterocycles. The van der Waals surface area contributed by atoms with Crippen molar-refractivity contribution < 1.29 is 9.59 Å². The van der Waals surface area contributed by atoms with Crippen molar-refractivity contribution in [2.24, 2.45) is 5.73 Å². The lowest BCUT2D eigenvalue weighted by atomic mass is 10.1. The van der Waals surface area contributed by atoms with E-state index in [1.807, 2.05) is 0 Å². The van der Waals surface area contributed by atoms with E-state index >= 15 is 0 Å². The summed E-state index contributed by atoms with van der Waals surface area (Å²) in [4.78, 5) is 21.1. The highest BCUT2D eigenvalue weighted by molar-refractivity contribution is 5.94. The van der Waals surface area contributed by atoms with Crippen molar-refractivity contribution in [2.75, 3.05) is 0 Å². The van der Waals surface area contributed by atoms with Crippen molar-refractivity contribution in [2.45, 2.75) is 26.2 Å². The van der Waals surface area contributed by atoms with Gasteiger partial charge in [0.2, 0.25) is 5.91 Å². The highest BCUT2D eigenvalue weighted by Crippen LogP contribution is 2.01. The minimum absolute atomic E-state index is 0.00579. The van der Waals surface area contributed by atoms with Gasteiger partial charge in [0.15, 0.2) is 5.78 Å². The fourth-order valence-corrected chi connectivity index (χ4v) is 0.637. The molecule has 0 aliphatic heterocycles. The third-order valence-corrected chi connectivity index (χ3v) is 1.30. The SMILES string of the molecule is C=C(C)C(=O)CCCC(N)=O. The Morgan fingerprint density at radius 1 is 1.36 bits per heavy atom. The maximum Gasteiger partial charge on any atom is 0.217 e. The second-order valence-electron chi connectivity index (χ2n) is 2.52. The normalized spacial score (nSPS) is 9.18. The quantitative estimate of drug-likeness (QED) is 0.596. The largest absolute Gasteiger partial charge is 0.370 e. The van der Waals surface area contributed by atoms with E-state index in [1.165, 1.54) is 0 Å². The molecule has 62 valence electrons. The number of amides is 1. The fraction of sp³-hybridized carbons (Fsp3) is 0.500. The minimum atomic E-state index is -0.362. The Morgan fingerprint density at radius 3 is 2.27 bits per heavy atom. The lowest BCUT2D eigenvalue weighted by molar-refractivity contribution is -0.118. The Hall–Kier alpha value is -1.12. The van der Waals surface area contributed by atoms with Crippen LogP contribution in [-0.4, -0.2) is 11.7 Å². The second-order valence-corrected chi connectivity index (χ2v) is 2.52. The van der Waals surface area contributed by atoms with Gasteiger partial charge in [0.1, 0.15) is 0 Å². The van der Waals surface area contributed by atoms with Crippen LogP contribution in [0.15, 0.2) is 12.2 Å². The number of rotatable bonds is 5. The summed E-state index contributed by atoms with van der Waals surface area (Å²) < 4.78 is 0. The first kappa shape index (κ1) is 9.88. The van der Waals surface area contributed by atoms with Crippen LogP contribution in [-0.2, 0) is 9.59 Å². The molecule has 0 saturated carbocycles. The number of allylic oxidation sites excluding steroid dienone is 1. The first-order valence-electron chi connectivity index (χ1n) is 3.51. The number of hydrogen-bond donors (Lipinski definition) is 1. The zero-order chi connectivity index (χ0) is 8.85. The summed E-state index contributed by atoms with van der Waals surface area (Å²) in [7, 11) is 0. The minimum Gasteiger partial charge on any atom is -0.370 e. The van der Waals surface area contributed by atoms with E-state index in [0.717, 1.165) is 0 Å². The molecule has 0 spiro atoms. The number of primary amides is 1. The van der Waals surface area contributed by atoms with Gasteiger partial charge in [0.25, 0.3) is 0 Å². The molecule has 3 nitrogen and oxygen atoms in total. The van der Waals surface area contributed by atoms with Gasteiger partial charge >= 0.3 is 0 Å². The predicted molar refractivity (Wildman–Crippen MR) is 42.9 cm³/mol. The molecule has 0 saturated heterocycles. The second kappa shape index (κ2) is 4.66. The van der Waals surface area contributed by atoms with Crippen molar-refractivity contribution >= 4 is 11.7 Å². The van der Waals surface area contributed by atoms with E-state index in [4.69, 9.17) is 5.73 Å². The summed E-state index contributed by atoms with van der Waals surface area (Å²) >= 11 is 0. The summed E-state index contributed by atoms with van der Waals surface area (Å²) in [5, 5.41) is 0. The zero-order valence-corrected chi connectivity index (χ0v) is 6.72. The van der Waals surface area contributed by atoms with E-state index in [0.29, 0.717) is 18.4 Å². The van der Waals surface area contributed by atoms with Crippen molar-refractivity contribution in [3.05, 3.63) is 12.2 Å². The molecule has 0 bridgehead atoms. The Balaban J connectivity index is 3.47. The number of carbonyl (C=O) groups excluding carboxylic acids is 2. The van der Waals surface area contributed by atoms with Crippen LogP contribution in [0.4, 0.5) is 0 Å². The number of Topliss-reactive ketones (excluding diaryl/α,β-unsaturated/α-hetero) is 1. The smallest absolute Gasteiger partial charge is 0.217 e. The van der Waals surface area contributed by atoms with Crippen LogP contribution in [0.5, 0.6) is 0 Å². The van der Waals surface area contributed by atoms with Gasteiger partial charge in [-0.25, -0.2) is 0 Å². The van der Waals surface area contributed by atoms with Gasteiger partial charge < -0.3 is 5.73 Å². The molecule has 0 radical (unpaired) electrons. The van der Waals surface area contributed by atoms with Crippen LogP contribution in [0.3, 0.4) is 0 Å². The lowest BCUT2D eigenvalue weighted by Crippen LogP contribution is -2.10. The standard InChI is InChI=1S/C8H13NO2/c1-6(2)7(10)4-3-5-8(9)11/h1,3-5H2,2H3,(H2,9,11). The van der Waals surface area contributed by atoms with Gasteiger partial charge in [-0.15, -0.1) is 0 Å². The predicted octanol–water partition coefficient (Wildman–Crippen LogP) is 0.787. The van der Waals surface area contributed by atoms with Crippen LogP contribution in [0.1, 0.15) is 26.2 Å². The van der Waals surface area contributed by atoms with Crippen LogP contribution < -0.4 is 5.73 Å². The molecule has 0 aliphatic carbocycles. The number of nitrogens with two attached hydrogens (primary N) is 1. The van der Waals surface area contributed by atoms with Gasteiger partial charge in [-0.2, -0.15) is 0 Å². The number of carbonyl (C=O) groups is 2. The molecule has 2 N–H and O–H groups in total. The number of hydrogen-bond acceptors (Lipinski definition) is 2. The Labute approximate surface area is 66.3 Å². The molecule has 0 rings (SSSR count). The molecule has 1 amide bonds. The van der Waals surface area contributed by atoms with E-state index in [2.05, 4.69) is 6.58 Å². The molecule has 0 unspecified atom stereocenters. The van der Waals surface area contributed by atoms with Gasteiger partial charge in [0, 0.05) is 12.8 Å². The van der Waals surface area contributed by atoms with E-state index < -0.39 is 0 Å². The molecular formula is C8H13NO2. The third-order valence-electron chi connectivity index (χ3n) is 1.30.